The molecule has 0 fully saturated rings. The van der Waals surface area contributed by atoms with Gasteiger partial charge in [0.15, 0.2) is 5.69 Å². The van der Waals surface area contributed by atoms with E-state index in [9.17, 15) is 0 Å². The van der Waals surface area contributed by atoms with Gasteiger partial charge < -0.3 is 4.42 Å². The van der Waals surface area contributed by atoms with E-state index in [1.807, 2.05) is 42.5 Å². The third kappa shape index (κ3) is 2.37. The van der Waals surface area contributed by atoms with Gasteiger partial charge in [-0.2, -0.15) is 0 Å². The number of hydrogen-bond donors (Lipinski definition) is 0. The first-order chi connectivity index (χ1) is 13.1. The lowest BCUT2D eigenvalue weighted by atomic mass is 10.0. The third-order valence-corrected chi connectivity index (χ3v) is 4.99. The monoisotopic (exact) mass is 353 g/mol. The van der Waals surface area contributed by atoms with Gasteiger partial charge in [0.1, 0.15) is 11.3 Å². The van der Waals surface area contributed by atoms with Gasteiger partial charge in [0.05, 0.1) is 16.8 Å². The fourth-order valence-corrected chi connectivity index (χ4v) is 3.97. The van der Waals surface area contributed by atoms with Crippen LogP contribution in [0.15, 0.2) is 75.3 Å². The molecule has 0 N–H and O–H groups in total. The summed E-state index contributed by atoms with van der Waals surface area (Å²) in [4.78, 5) is 2.16. The number of aryl methyl sites for hydroxylation is 3. The Hall–Kier alpha value is -3.40. The van der Waals surface area contributed by atoms with Crippen LogP contribution in [0.2, 0.25) is 0 Å². The van der Waals surface area contributed by atoms with E-state index in [1.54, 1.807) is 0 Å². The zero-order valence-corrected chi connectivity index (χ0v) is 15.5. The second-order valence-corrected chi connectivity index (χ2v) is 7.02. The zero-order chi connectivity index (χ0) is 18.5. The molecule has 4 aromatic rings. The molecule has 0 atom stereocenters. The van der Waals surface area contributed by atoms with Crippen LogP contribution in [0, 0.1) is 20.8 Å². The van der Waals surface area contributed by atoms with Crippen LogP contribution in [0.1, 0.15) is 16.7 Å². The van der Waals surface area contributed by atoms with Gasteiger partial charge >= 0.3 is 0 Å². The van der Waals surface area contributed by atoms with Crippen molar-refractivity contribution < 1.29 is 4.42 Å². The molecule has 5 rings (SSSR count). The average Bonchev–Trinajstić information content (AvgIpc) is 2.93. The molecule has 4 heteroatoms. The van der Waals surface area contributed by atoms with E-state index in [0.29, 0.717) is 5.88 Å². The Morgan fingerprint density at radius 1 is 0.815 bits per heavy atom. The number of azo groups is 1. The second kappa shape index (κ2) is 5.81. The summed E-state index contributed by atoms with van der Waals surface area (Å²) in [5.74, 6) is 0.708. The maximum Gasteiger partial charge on any atom is 0.233 e. The first kappa shape index (κ1) is 15.8. The second-order valence-electron chi connectivity index (χ2n) is 7.02. The predicted molar refractivity (Wildman–Crippen MR) is 109 cm³/mol. The van der Waals surface area contributed by atoms with Crippen LogP contribution in [0.3, 0.4) is 0 Å². The van der Waals surface area contributed by atoms with Crippen LogP contribution in [0.5, 0.6) is 0 Å². The predicted octanol–water partition coefficient (Wildman–Crippen LogP) is 7.56. The van der Waals surface area contributed by atoms with E-state index in [0.717, 1.165) is 33.7 Å². The Bertz CT molecular complexity index is 1200. The van der Waals surface area contributed by atoms with Gasteiger partial charge in [-0.15, -0.1) is 10.2 Å². The van der Waals surface area contributed by atoms with E-state index in [2.05, 4.69) is 54.1 Å². The fourth-order valence-electron chi connectivity index (χ4n) is 3.97. The molecule has 0 saturated carbocycles. The van der Waals surface area contributed by atoms with E-state index in [1.165, 1.54) is 16.7 Å². The van der Waals surface area contributed by atoms with Gasteiger partial charge in [-0.25, -0.2) is 0 Å². The van der Waals surface area contributed by atoms with Crippen molar-refractivity contribution in [1.29, 1.82) is 0 Å². The number of anilines is 3. The number of nitrogens with zero attached hydrogens (tertiary/aromatic N) is 3. The lowest BCUT2D eigenvalue weighted by Crippen LogP contribution is -2.12. The normalized spacial score (nSPS) is 12.8. The third-order valence-electron chi connectivity index (χ3n) is 4.99. The molecule has 3 aromatic carbocycles. The van der Waals surface area contributed by atoms with Crippen molar-refractivity contribution in [3.8, 4) is 0 Å². The SMILES string of the molecule is Cc1cc(C)c(N2c3ccccc3N=Nc3c2oc2ccccc32)c(C)c1. The minimum atomic E-state index is 0.708. The highest BCUT2D eigenvalue weighted by molar-refractivity contribution is 6.00. The van der Waals surface area contributed by atoms with Crippen molar-refractivity contribution >= 4 is 39.6 Å². The summed E-state index contributed by atoms with van der Waals surface area (Å²) in [7, 11) is 0. The summed E-state index contributed by atoms with van der Waals surface area (Å²) >= 11 is 0. The van der Waals surface area contributed by atoms with E-state index >= 15 is 0 Å². The van der Waals surface area contributed by atoms with Gasteiger partial charge in [0.25, 0.3) is 0 Å². The Kier molecular flexibility index (Phi) is 3.41. The van der Waals surface area contributed by atoms with Crippen molar-refractivity contribution in [3.05, 3.63) is 77.4 Å². The summed E-state index contributed by atoms with van der Waals surface area (Å²) in [6.07, 6.45) is 0. The molecule has 1 aliphatic rings. The highest BCUT2D eigenvalue weighted by atomic mass is 16.4. The van der Waals surface area contributed by atoms with Crippen molar-refractivity contribution in [2.45, 2.75) is 20.8 Å². The van der Waals surface area contributed by atoms with E-state index in [4.69, 9.17) is 4.42 Å². The molecule has 0 spiro atoms. The van der Waals surface area contributed by atoms with Crippen molar-refractivity contribution in [2.75, 3.05) is 4.90 Å². The summed E-state index contributed by atoms with van der Waals surface area (Å²) in [5.41, 5.74) is 8.11. The molecule has 0 amide bonds. The van der Waals surface area contributed by atoms with Crippen LogP contribution in [0.25, 0.3) is 11.0 Å². The van der Waals surface area contributed by atoms with Crippen molar-refractivity contribution in [3.63, 3.8) is 0 Å². The first-order valence-corrected chi connectivity index (χ1v) is 9.04. The van der Waals surface area contributed by atoms with Crippen molar-refractivity contribution in [2.24, 2.45) is 10.2 Å². The van der Waals surface area contributed by atoms with Crippen LogP contribution < -0.4 is 4.90 Å². The number of benzene rings is 3. The summed E-state index contributed by atoms with van der Waals surface area (Å²) in [6.45, 7) is 6.40. The van der Waals surface area contributed by atoms with E-state index < -0.39 is 0 Å². The van der Waals surface area contributed by atoms with Gasteiger partial charge in [-0.3, -0.25) is 4.90 Å². The minimum Gasteiger partial charge on any atom is -0.437 e. The molecular formula is C23H19N3O. The Labute approximate surface area is 157 Å². The van der Waals surface area contributed by atoms with Gasteiger partial charge in [-0.1, -0.05) is 42.0 Å². The standard InChI is InChI=1S/C23H19N3O/c1-14-12-15(2)22(16(3)13-14)26-19-10-6-5-9-18(19)24-25-21-17-8-4-7-11-20(17)27-23(21)26/h4-13H,1-3H3. The molecule has 0 unspecified atom stereocenters. The van der Waals surface area contributed by atoms with Crippen LogP contribution >= 0.6 is 0 Å². The zero-order valence-electron chi connectivity index (χ0n) is 15.5. The largest absolute Gasteiger partial charge is 0.437 e. The molecule has 0 bridgehead atoms. The topological polar surface area (TPSA) is 41.1 Å². The first-order valence-electron chi connectivity index (χ1n) is 9.04. The summed E-state index contributed by atoms with van der Waals surface area (Å²) in [5, 5.41) is 10.1. The van der Waals surface area contributed by atoms with Gasteiger partial charge in [0, 0.05) is 0 Å². The molecule has 132 valence electrons. The van der Waals surface area contributed by atoms with Crippen LogP contribution in [-0.4, -0.2) is 0 Å². The summed E-state index contributed by atoms with van der Waals surface area (Å²) < 4.78 is 6.31. The smallest absolute Gasteiger partial charge is 0.233 e. The van der Waals surface area contributed by atoms with E-state index in [-0.39, 0.29) is 0 Å². The Morgan fingerprint density at radius 3 is 2.33 bits per heavy atom. The molecular weight excluding hydrogens is 334 g/mol. The average molecular weight is 353 g/mol. The summed E-state index contributed by atoms with van der Waals surface area (Å²) in [6, 6.07) is 20.4. The molecule has 1 aliphatic heterocycles. The molecule has 4 nitrogen and oxygen atoms in total. The van der Waals surface area contributed by atoms with Crippen molar-refractivity contribution in [1.82, 2.24) is 0 Å². The van der Waals surface area contributed by atoms with Crippen LogP contribution in [-0.2, 0) is 0 Å². The Balaban J connectivity index is 1.89. The minimum absolute atomic E-state index is 0.708. The number of fused-ring (bicyclic) bond motifs is 4. The highest BCUT2D eigenvalue weighted by Gasteiger charge is 2.29. The highest BCUT2D eigenvalue weighted by Crippen LogP contribution is 2.52. The lowest BCUT2D eigenvalue weighted by molar-refractivity contribution is 0.621. The van der Waals surface area contributed by atoms with Gasteiger partial charge in [-0.05, 0) is 56.2 Å². The molecule has 0 radical (unpaired) electrons. The molecule has 2 heterocycles. The lowest BCUT2D eigenvalue weighted by Gasteiger charge is -2.26. The number of rotatable bonds is 1. The fraction of sp³-hybridized carbons (Fsp3) is 0.130. The number of furan rings is 1. The quantitative estimate of drug-likeness (QED) is 0.312. The number of hydrogen-bond acceptors (Lipinski definition) is 4. The Morgan fingerprint density at radius 2 is 1.52 bits per heavy atom. The molecule has 0 aliphatic carbocycles. The molecule has 1 aromatic heterocycles. The van der Waals surface area contributed by atoms with Crippen LogP contribution in [0.4, 0.5) is 28.6 Å². The number of para-hydroxylation sites is 2. The van der Waals surface area contributed by atoms with Gasteiger partial charge in [0.2, 0.25) is 5.88 Å². The maximum atomic E-state index is 6.31. The molecule has 0 saturated heterocycles. The molecule has 27 heavy (non-hydrogen) atoms. The maximum absolute atomic E-state index is 6.31.